The van der Waals surface area contributed by atoms with Crippen molar-refractivity contribution in [2.75, 3.05) is 6.54 Å². The Labute approximate surface area is 152 Å². The second kappa shape index (κ2) is 7.28. The Balaban J connectivity index is 1.63. The van der Waals surface area contributed by atoms with E-state index in [-0.39, 0.29) is 17.2 Å². The quantitative estimate of drug-likeness (QED) is 0.807. The van der Waals surface area contributed by atoms with Gasteiger partial charge in [-0.05, 0) is 59.7 Å². The van der Waals surface area contributed by atoms with E-state index >= 15 is 0 Å². The Morgan fingerprint density at radius 2 is 1.85 bits per heavy atom. The highest BCUT2D eigenvalue weighted by Gasteiger charge is 2.24. The molecule has 1 aliphatic rings. The van der Waals surface area contributed by atoms with Gasteiger partial charge in [-0.25, -0.2) is 13.1 Å². The van der Waals surface area contributed by atoms with Gasteiger partial charge in [-0.15, -0.1) is 0 Å². The van der Waals surface area contributed by atoms with Crippen molar-refractivity contribution in [1.82, 2.24) is 4.72 Å². The number of carboxylic acid groups (broad SMARTS) is 1. The maximum Gasteiger partial charge on any atom is 0.307 e. The lowest BCUT2D eigenvalue weighted by molar-refractivity contribution is -0.136. The number of nitriles is 1. The van der Waals surface area contributed by atoms with Gasteiger partial charge in [0.2, 0.25) is 10.0 Å². The summed E-state index contributed by atoms with van der Waals surface area (Å²) in [5, 5.41) is 17.7. The van der Waals surface area contributed by atoms with Crippen LogP contribution in [0.25, 0.3) is 0 Å². The van der Waals surface area contributed by atoms with Crippen LogP contribution in [0.4, 0.5) is 0 Å². The first-order valence-electron chi connectivity index (χ1n) is 8.19. The van der Waals surface area contributed by atoms with Crippen molar-refractivity contribution in [3.05, 3.63) is 64.7 Å². The van der Waals surface area contributed by atoms with Crippen molar-refractivity contribution in [3.8, 4) is 6.07 Å². The van der Waals surface area contributed by atoms with Crippen LogP contribution in [-0.2, 0) is 34.1 Å². The number of carbonyl (C=O) groups is 1. The number of carboxylic acids is 1. The first-order valence-corrected chi connectivity index (χ1v) is 9.68. The van der Waals surface area contributed by atoms with Crippen molar-refractivity contribution in [3.63, 3.8) is 0 Å². The SMILES string of the molecule is N#Cc1ccc(S(=O)(=O)NCC2Cc3ccc(CC(=O)O)cc3C2)cc1. The molecule has 1 aliphatic carbocycles. The highest BCUT2D eigenvalue weighted by atomic mass is 32.2. The Morgan fingerprint density at radius 3 is 2.50 bits per heavy atom. The number of hydrogen-bond donors (Lipinski definition) is 2. The highest BCUT2D eigenvalue weighted by molar-refractivity contribution is 7.89. The summed E-state index contributed by atoms with van der Waals surface area (Å²) in [4.78, 5) is 11.0. The molecule has 2 N–H and O–H groups in total. The standard InChI is InChI=1S/C19H18N2O4S/c20-11-13-2-5-18(6-3-13)26(24,25)21-12-15-8-16-4-1-14(10-19(22)23)7-17(16)9-15/h1-7,15,21H,8-10,12H2,(H,22,23). The number of benzene rings is 2. The van der Waals surface area contributed by atoms with Crippen molar-refractivity contribution in [2.45, 2.75) is 24.2 Å². The lowest BCUT2D eigenvalue weighted by Gasteiger charge is -2.11. The van der Waals surface area contributed by atoms with Crippen LogP contribution in [0.5, 0.6) is 0 Å². The molecule has 1 atom stereocenters. The van der Waals surface area contributed by atoms with E-state index in [9.17, 15) is 13.2 Å². The topological polar surface area (TPSA) is 107 Å². The Hall–Kier alpha value is -2.69. The van der Waals surface area contributed by atoms with Gasteiger partial charge in [0, 0.05) is 6.54 Å². The summed E-state index contributed by atoms with van der Waals surface area (Å²) in [6, 6.07) is 13.4. The normalized spacial score (nSPS) is 16.0. The molecule has 0 fully saturated rings. The molecule has 3 rings (SSSR count). The fourth-order valence-corrected chi connectivity index (χ4v) is 4.33. The minimum absolute atomic E-state index is 0.0106. The molecular weight excluding hydrogens is 352 g/mol. The Kier molecular flexibility index (Phi) is 5.07. The van der Waals surface area contributed by atoms with Gasteiger partial charge in [0.05, 0.1) is 22.9 Å². The average molecular weight is 370 g/mol. The predicted octanol–water partition coefficient (Wildman–Crippen LogP) is 1.88. The zero-order chi connectivity index (χ0) is 18.7. The summed E-state index contributed by atoms with van der Waals surface area (Å²) in [5.74, 6) is -0.729. The summed E-state index contributed by atoms with van der Waals surface area (Å²) in [7, 11) is -3.62. The number of hydrogen-bond acceptors (Lipinski definition) is 4. The first kappa shape index (κ1) is 18.1. The first-order chi connectivity index (χ1) is 12.4. The maximum absolute atomic E-state index is 12.4. The van der Waals surface area contributed by atoms with Crippen LogP contribution in [0.2, 0.25) is 0 Å². The molecule has 0 saturated heterocycles. The monoisotopic (exact) mass is 370 g/mol. The summed E-state index contributed by atoms with van der Waals surface area (Å²) >= 11 is 0. The molecular formula is C19H18N2O4S. The van der Waals surface area contributed by atoms with Crippen LogP contribution >= 0.6 is 0 Å². The van der Waals surface area contributed by atoms with E-state index in [2.05, 4.69) is 4.72 Å². The number of nitrogens with one attached hydrogen (secondary N) is 1. The molecule has 0 bridgehead atoms. The number of sulfonamides is 1. The van der Waals surface area contributed by atoms with Gasteiger partial charge in [0.1, 0.15) is 0 Å². The number of aliphatic carboxylic acids is 1. The van der Waals surface area contributed by atoms with E-state index in [0.29, 0.717) is 12.1 Å². The minimum atomic E-state index is -3.62. The minimum Gasteiger partial charge on any atom is -0.481 e. The zero-order valence-corrected chi connectivity index (χ0v) is 14.8. The lowest BCUT2D eigenvalue weighted by atomic mass is 10.0. The molecule has 0 radical (unpaired) electrons. The molecule has 2 aromatic rings. The maximum atomic E-state index is 12.4. The fourth-order valence-electron chi connectivity index (χ4n) is 3.21. The highest BCUT2D eigenvalue weighted by Crippen LogP contribution is 2.28. The van der Waals surface area contributed by atoms with Gasteiger partial charge in [-0.3, -0.25) is 4.79 Å². The average Bonchev–Trinajstić information content (AvgIpc) is 3.02. The van der Waals surface area contributed by atoms with Crippen LogP contribution < -0.4 is 4.72 Å². The van der Waals surface area contributed by atoms with Crippen molar-refractivity contribution < 1.29 is 18.3 Å². The number of nitrogens with zero attached hydrogens (tertiary/aromatic N) is 1. The Morgan fingerprint density at radius 1 is 1.15 bits per heavy atom. The van der Waals surface area contributed by atoms with E-state index in [1.54, 1.807) is 0 Å². The van der Waals surface area contributed by atoms with Crippen LogP contribution in [0, 0.1) is 17.2 Å². The van der Waals surface area contributed by atoms with E-state index < -0.39 is 16.0 Å². The molecule has 0 saturated carbocycles. The molecule has 0 aliphatic heterocycles. The van der Waals surface area contributed by atoms with Gasteiger partial charge < -0.3 is 5.11 Å². The third kappa shape index (κ3) is 4.10. The molecule has 6 nitrogen and oxygen atoms in total. The smallest absolute Gasteiger partial charge is 0.307 e. The summed E-state index contributed by atoms with van der Waals surface area (Å²) in [5.41, 5.74) is 3.40. The molecule has 0 aromatic heterocycles. The van der Waals surface area contributed by atoms with Crippen molar-refractivity contribution >= 4 is 16.0 Å². The second-order valence-corrected chi connectivity index (χ2v) is 8.20. The third-order valence-corrected chi connectivity index (χ3v) is 5.94. The summed E-state index contributed by atoms with van der Waals surface area (Å²) < 4.78 is 27.4. The van der Waals surface area contributed by atoms with Gasteiger partial charge in [-0.2, -0.15) is 5.26 Å². The Bertz CT molecular complexity index is 976. The molecule has 0 spiro atoms. The molecule has 2 aromatic carbocycles. The number of rotatable bonds is 6. The molecule has 7 heteroatoms. The molecule has 26 heavy (non-hydrogen) atoms. The van der Waals surface area contributed by atoms with Gasteiger partial charge in [0.15, 0.2) is 0 Å². The third-order valence-electron chi connectivity index (χ3n) is 4.50. The van der Waals surface area contributed by atoms with Gasteiger partial charge >= 0.3 is 5.97 Å². The van der Waals surface area contributed by atoms with E-state index in [0.717, 1.165) is 29.5 Å². The summed E-state index contributed by atoms with van der Waals surface area (Å²) in [6.07, 6.45) is 1.47. The van der Waals surface area contributed by atoms with Crippen molar-refractivity contribution in [1.29, 1.82) is 5.26 Å². The van der Waals surface area contributed by atoms with E-state index in [4.69, 9.17) is 10.4 Å². The molecule has 134 valence electrons. The zero-order valence-electron chi connectivity index (χ0n) is 14.0. The molecule has 1 unspecified atom stereocenters. The summed E-state index contributed by atoms with van der Waals surface area (Å²) in [6.45, 7) is 0.311. The fraction of sp³-hybridized carbons (Fsp3) is 0.263. The van der Waals surface area contributed by atoms with Gasteiger partial charge in [0.25, 0.3) is 0 Å². The van der Waals surface area contributed by atoms with E-state index in [1.165, 1.54) is 24.3 Å². The largest absolute Gasteiger partial charge is 0.481 e. The predicted molar refractivity (Wildman–Crippen MR) is 95.0 cm³/mol. The van der Waals surface area contributed by atoms with Crippen LogP contribution in [-0.4, -0.2) is 26.0 Å². The number of fused-ring (bicyclic) bond motifs is 1. The van der Waals surface area contributed by atoms with Crippen LogP contribution in [0.1, 0.15) is 22.3 Å². The van der Waals surface area contributed by atoms with Crippen molar-refractivity contribution in [2.24, 2.45) is 5.92 Å². The molecule has 0 heterocycles. The van der Waals surface area contributed by atoms with E-state index in [1.807, 2.05) is 24.3 Å². The van der Waals surface area contributed by atoms with Gasteiger partial charge in [-0.1, -0.05) is 18.2 Å². The lowest BCUT2D eigenvalue weighted by Crippen LogP contribution is -2.29. The molecule has 0 amide bonds. The second-order valence-electron chi connectivity index (χ2n) is 6.44. The van der Waals surface area contributed by atoms with Crippen LogP contribution in [0.15, 0.2) is 47.4 Å². The van der Waals surface area contributed by atoms with Crippen LogP contribution in [0.3, 0.4) is 0 Å².